The van der Waals surface area contributed by atoms with Gasteiger partial charge in [0, 0.05) is 0 Å². The summed E-state index contributed by atoms with van der Waals surface area (Å²) < 4.78 is 2.02. The van der Waals surface area contributed by atoms with Crippen molar-refractivity contribution in [3.63, 3.8) is 0 Å². The normalized spacial score (nSPS) is 36.3. The van der Waals surface area contributed by atoms with Crippen LogP contribution in [0.1, 0.15) is 46.5 Å². The second-order valence-corrected chi connectivity index (χ2v) is 24.2. The van der Waals surface area contributed by atoms with Crippen LogP contribution < -0.4 is 0 Å². The van der Waals surface area contributed by atoms with E-state index in [2.05, 4.69) is 35.6 Å². The summed E-state index contributed by atoms with van der Waals surface area (Å²) >= 11 is -2.02. The number of rotatable bonds is 1. The molecule has 0 aromatic rings. The minimum absolute atomic E-state index is 0.423. The first-order chi connectivity index (χ1) is 9.16. The summed E-state index contributed by atoms with van der Waals surface area (Å²) in [4.78, 5) is 7.97. The summed E-state index contributed by atoms with van der Waals surface area (Å²) in [6.45, 7) is 8.49. The Kier molecular flexibility index (Phi) is 3.92. The molecule has 0 radical (unpaired) electrons. The first-order valence-corrected chi connectivity index (χ1v) is 18.9. The molecule has 1 saturated carbocycles. The topological polar surface area (TPSA) is 0 Å². The zero-order valence-electron chi connectivity index (χ0n) is 14.6. The number of allylic oxidation sites excluding steroid dienone is 2. The van der Waals surface area contributed by atoms with E-state index < -0.39 is 18.4 Å². The fourth-order valence-corrected chi connectivity index (χ4v) is 16.3. The van der Waals surface area contributed by atoms with Gasteiger partial charge in [0.15, 0.2) is 0 Å². The van der Waals surface area contributed by atoms with Crippen LogP contribution in [0.25, 0.3) is 0 Å². The van der Waals surface area contributed by atoms with Gasteiger partial charge in [-0.3, -0.25) is 0 Å². The number of hydrogen-bond acceptors (Lipinski definition) is 0. The van der Waals surface area contributed by atoms with Gasteiger partial charge >= 0.3 is 131 Å². The summed E-state index contributed by atoms with van der Waals surface area (Å²) in [6.07, 6.45) is 9.27. The van der Waals surface area contributed by atoms with Crippen molar-refractivity contribution in [1.29, 1.82) is 0 Å². The molecule has 4 aliphatic rings. The summed E-state index contributed by atoms with van der Waals surface area (Å²) in [7, 11) is 0. The van der Waals surface area contributed by atoms with E-state index in [1.807, 2.05) is 9.06 Å². The van der Waals surface area contributed by atoms with Crippen molar-refractivity contribution in [2.24, 2.45) is 23.2 Å². The maximum atomic E-state index is 2.66. The molecule has 4 fully saturated rings. The van der Waals surface area contributed by atoms with Crippen molar-refractivity contribution in [2.45, 2.75) is 73.9 Å². The molecule has 3 heterocycles. The zero-order valence-corrected chi connectivity index (χ0v) is 17.4. The molecule has 3 saturated heterocycles. The van der Waals surface area contributed by atoms with Gasteiger partial charge in [0.25, 0.3) is 0 Å². The molecule has 0 nitrogen and oxygen atoms in total. The van der Waals surface area contributed by atoms with E-state index in [0.29, 0.717) is 5.41 Å². The van der Waals surface area contributed by atoms with Crippen LogP contribution in [0, 0.1) is 23.2 Å². The van der Waals surface area contributed by atoms with Gasteiger partial charge in [-0.05, 0) is 0 Å². The number of fused-ring (bicyclic) bond motifs is 1. The van der Waals surface area contributed by atoms with Gasteiger partial charge in [-0.15, -0.1) is 0 Å². The van der Waals surface area contributed by atoms with E-state index in [9.17, 15) is 0 Å². The Morgan fingerprint density at radius 3 is 2.25 bits per heavy atom. The molecule has 3 aliphatic heterocycles. The molecule has 4 bridgehead atoms. The molecule has 4 rings (SSSR count). The van der Waals surface area contributed by atoms with Gasteiger partial charge < -0.3 is 0 Å². The molecule has 0 spiro atoms. The van der Waals surface area contributed by atoms with Crippen molar-refractivity contribution < 1.29 is 0 Å². The molecular weight excluding hydrogens is 346 g/mol. The predicted molar refractivity (Wildman–Crippen MR) is 94.1 cm³/mol. The Hall–Kier alpha value is 0.604. The SMILES string of the molecule is CC(C)(C)/[C](=C1\B2C[C@@H]3C[C@@H](CC[C@H]1C3)C2)[Sn]([CH3])([CH3])[CH3]. The van der Waals surface area contributed by atoms with Crippen LogP contribution in [0.5, 0.6) is 0 Å². The molecule has 2 heteroatoms. The fourth-order valence-electron chi connectivity index (χ4n) is 6.22. The Morgan fingerprint density at radius 2 is 1.65 bits per heavy atom. The number of hydrogen-bond donors (Lipinski definition) is 0. The first kappa shape index (κ1) is 15.5. The standard InChI is InChI=1S/C15H24B.3CH3.Sn/c1-15(2,3)8-14-13-5-4-11-6-12(7-13)10-16(14)9-11;;;;/h11-13H,4-7,9-10H2,1-3H3;3*1H3;/t11-,12-,13+;;;;/m1..../s1. The quantitative estimate of drug-likeness (QED) is 0.514. The summed E-state index contributed by atoms with van der Waals surface area (Å²) in [6, 6.07) is 0. The zero-order chi connectivity index (χ0) is 14.7. The molecule has 0 aromatic heterocycles. The molecule has 0 amide bonds. The van der Waals surface area contributed by atoms with Crippen LogP contribution in [0.2, 0.25) is 27.5 Å². The predicted octanol–water partition coefficient (Wildman–Crippen LogP) is 5.69. The van der Waals surface area contributed by atoms with Crippen molar-refractivity contribution in [1.82, 2.24) is 0 Å². The van der Waals surface area contributed by atoms with E-state index in [1.54, 1.807) is 25.5 Å². The second-order valence-electron chi connectivity index (χ2n) is 9.98. The third kappa shape index (κ3) is 2.77. The average molecular weight is 379 g/mol. The molecular formula is C18H33BSn. The van der Waals surface area contributed by atoms with Gasteiger partial charge in [0.2, 0.25) is 0 Å². The summed E-state index contributed by atoms with van der Waals surface area (Å²) in [5, 5.41) is 0. The Morgan fingerprint density at radius 1 is 1.00 bits per heavy atom. The van der Waals surface area contributed by atoms with Crippen LogP contribution in [-0.2, 0) is 0 Å². The molecule has 112 valence electrons. The van der Waals surface area contributed by atoms with Gasteiger partial charge in [0.05, 0.1) is 0 Å². The van der Waals surface area contributed by atoms with Crippen molar-refractivity contribution in [2.75, 3.05) is 0 Å². The summed E-state index contributed by atoms with van der Waals surface area (Å²) in [5.74, 6) is 3.15. The molecule has 1 aliphatic carbocycles. The molecule has 0 N–H and O–H groups in total. The van der Waals surface area contributed by atoms with Crippen molar-refractivity contribution in [3.05, 3.63) is 9.06 Å². The average Bonchev–Trinajstić information content (AvgIpc) is 2.46. The molecule has 0 aromatic carbocycles. The maximum absolute atomic E-state index is 2.66. The van der Waals surface area contributed by atoms with E-state index in [0.717, 1.165) is 24.5 Å². The van der Waals surface area contributed by atoms with Gasteiger partial charge in [-0.25, -0.2) is 0 Å². The van der Waals surface area contributed by atoms with E-state index in [1.165, 1.54) is 12.8 Å². The fraction of sp³-hybridized carbons (Fsp3) is 0.889. The van der Waals surface area contributed by atoms with Crippen LogP contribution in [0.15, 0.2) is 9.06 Å². The minimum atomic E-state index is -2.02. The van der Waals surface area contributed by atoms with E-state index >= 15 is 0 Å². The van der Waals surface area contributed by atoms with E-state index in [-0.39, 0.29) is 0 Å². The first-order valence-electron chi connectivity index (χ1n) is 8.91. The van der Waals surface area contributed by atoms with Crippen molar-refractivity contribution in [3.8, 4) is 0 Å². The van der Waals surface area contributed by atoms with Gasteiger partial charge in [-0.1, -0.05) is 0 Å². The van der Waals surface area contributed by atoms with Crippen LogP contribution in [0.4, 0.5) is 0 Å². The van der Waals surface area contributed by atoms with Gasteiger partial charge in [-0.2, -0.15) is 0 Å². The van der Waals surface area contributed by atoms with E-state index in [4.69, 9.17) is 0 Å². The molecule has 20 heavy (non-hydrogen) atoms. The van der Waals surface area contributed by atoms with Crippen LogP contribution in [-0.4, -0.2) is 25.1 Å². The molecule has 3 atom stereocenters. The third-order valence-electron chi connectivity index (χ3n) is 6.11. The Labute approximate surface area is 131 Å². The Bertz CT molecular complexity index is 398. The van der Waals surface area contributed by atoms with Crippen molar-refractivity contribution >= 4 is 25.1 Å². The Balaban J connectivity index is 2.12. The molecule has 0 unspecified atom stereocenters. The van der Waals surface area contributed by atoms with Crippen LogP contribution in [0.3, 0.4) is 0 Å². The van der Waals surface area contributed by atoms with Crippen LogP contribution >= 0.6 is 0 Å². The third-order valence-corrected chi connectivity index (χ3v) is 13.4. The monoisotopic (exact) mass is 380 g/mol. The van der Waals surface area contributed by atoms with Gasteiger partial charge in [0.1, 0.15) is 0 Å². The summed E-state index contributed by atoms with van der Waals surface area (Å²) in [5.41, 5.74) is 2.45. The second kappa shape index (κ2) is 5.06.